The van der Waals surface area contributed by atoms with Crippen LogP contribution in [0.3, 0.4) is 0 Å². The lowest BCUT2D eigenvalue weighted by Gasteiger charge is -2.34. The van der Waals surface area contributed by atoms with Gasteiger partial charge in [0.2, 0.25) is 0 Å². The second-order valence-corrected chi connectivity index (χ2v) is 14.5. The highest BCUT2D eigenvalue weighted by molar-refractivity contribution is 7.99. The fourth-order valence-electron chi connectivity index (χ4n) is 5.55. The minimum Gasteiger partial charge on any atom is -0.506 e. The number of hydrogen-bond donors (Lipinski definition) is 2. The molecule has 0 atom stereocenters. The normalized spacial score (nSPS) is 13.1. The molecular weight excluding hydrogens is 456 g/mol. The third-order valence-electron chi connectivity index (χ3n) is 6.19. The van der Waals surface area contributed by atoms with E-state index in [4.69, 9.17) is 9.47 Å². The number of phenols is 2. The quantitative estimate of drug-likeness (QED) is 0.378. The Kier molecular flexibility index (Phi) is 8.48. The van der Waals surface area contributed by atoms with Crippen LogP contribution in [0, 0.1) is 10.8 Å². The largest absolute Gasteiger partial charge is 0.506 e. The Hall–Kier alpha value is -2.01. The molecule has 0 bridgehead atoms. The lowest BCUT2D eigenvalue weighted by Crippen LogP contribution is -2.25. The molecule has 0 saturated heterocycles. The Morgan fingerprint density at radius 2 is 0.914 bits per heavy atom. The SMILES string of the molecule is COc1cc(Sc2cc(OC)cc(C(C)(C)CC(C)(C)C)c2O)c(O)c(C(C)(C)CC(C)(C)C)c1. The van der Waals surface area contributed by atoms with E-state index in [9.17, 15) is 10.2 Å². The van der Waals surface area contributed by atoms with Crippen LogP contribution in [0.5, 0.6) is 23.0 Å². The summed E-state index contributed by atoms with van der Waals surface area (Å²) >= 11 is 1.34. The van der Waals surface area contributed by atoms with Crippen molar-refractivity contribution in [1.29, 1.82) is 0 Å². The zero-order chi connectivity index (χ0) is 27.0. The van der Waals surface area contributed by atoms with Gasteiger partial charge >= 0.3 is 0 Å². The van der Waals surface area contributed by atoms with Crippen LogP contribution in [-0.2, 0) is 10.8 Å². The maximum absolute atomic E-state index is 11.4. The molecule has 0 saturated carbocycles. The summed E-state index contributed by atoms with van der Waals surface area (Å²) in [7, 11) is 3.27. The third-order valence-corrected chi connectivity index (χ3v) is 7.25. The Balaban J connectivity index is 2.65. The number of hydrogen-bond acceptors (Lipinski definition) is 5. The number of aromatic hydroxyl groups is 2. The van der Waals surface area contributed by atoms with E-state index >= 15 is 0 Å². The highest BCUT2D eigenvalue weighted by Crippen LogP contribution is 2.51. The molecule has 0 unspecified atom stereocenters. The van der Waals surface area contributed by atoms with E-state index in [2.05, 4.69) is 69.2 Å². The molecule has 0 fully saturated rings. The number of methoxy groups -OCH3 is 2. The van der Waals surface area contributed by atoms with Gasteiger partial charge in [-0.05, 0) is 58.8 Å². The molecule has 0 aliphatic rings. The van der Waals surface area contributed by atoms with Crippen LogP contribution in [0.1, 0.15) is 93.2 Å². The smallest absolute Gasteiger partial charge is 0.133 e. The molecule has 4 nitrogen and oxygen atoms in total. The van der Waals surface area contributed by atoms with E-state index < -0.39 is 0 Å². The maximum atomic E-state index is 11.4. The van der Waals surface area contributed by atoms with Gasteiger partial charge in [-0.3, -0.25) is 0 Å². The summed E-state index contributed by atoms with van der Waals surface area (Å²) in [5.41, 5.74) is 1.30. The Bertz CT molecular complexity index is 956. The van der Waals surface area contributed by atoms with E-state index in [-0.39, 0.29) is 33.2 Å². The van der Waals surface area contributed by atoms with Gasteiger partial charge in [-0.1, -0.05) is 81.0 Å². The minimum absolute atomic E-state index is 0.0882. The van der Waals surface area contributed by atoms with Gasteiger partial charge in [-0.15, -0.1) is 0 Å². The highest BCUT2D eigenvalue weighted by atomic mass is 32.2. The average molecular weight is 503 g/mol. The summed E-state index contributed by atoms with van der Waals surface area (Å²) < 4.78 is 11.2. The van der Waals surface area contributed by atoms with Crippen molar-refractivity contribution in [3.8, 4) is 23.0 Å². The van der Waals surface area contributed by atoms with Crippen LogP contribution < -0.4 is 9.47 Å². The standard InChI is InChI=1S/C30H46O4S/c1-27(2,3)17-29(7,8)21-13-19(33-11)15-23(25(21)31)35-24-16-20(34-12)14-22(26(24)32)30(9,10)18-28(4,5)6/h13-16,31-32H,17-18H2,1-12H3. The molecule has 196 valence electrons. The van der Waals surface area contributed by atoms with Gasteiger partial charge in [-0.25, -0.2) is 0 Å². The zero-order valence-electron chi connectivity index (χ0n) is 23.8. The molecule has 2 aromatic carbocycles. The van der Waals surface area contributed by atoms with Crippen LogP contribution in [0.15, 0.2) is 34.1 Å². The van der Waals surface area contributed by atoms with Crippen molar-refractivity contribution in [3.63, 3.8) is 0 Å². The first-order valence-corrected chi connectivity index (χ1v) is 13.1. The van der Waals surface area contributed by atoms with E-state index in [0.717, 1.165) is 24.0 Å². The van der Waals surface area contributed by atoms with E-state index in [1.54, 1.807) is 14.2 Å². The summed E-state index contributed by atoms with van der Waals surface area (Å²) in [6, 6.07) is 7.51. The second kappa shape index (κ2) is 10.2. The van der Waals surface area contributed by atoms with Gasteiger partial charge in [0.25, 0.3) is 0 Å². The molecule has 2 N–H and O–H groups in total. The van der Waals surface area contributed by atoms with Crippen molar-refractivity contribution < 1.29 is 19.7 Å². The van der Waals surface area contributed by atoms with Gasteiger partial charge in [0, 0.05) is 11.1 Å². The van der Waals surface area contributed by atoms with Gasteiger partial charge in [-0.2, -0.15) is 0 Å². The molecule has 2 aromatic rings. The fourth-order valence-corrected chi connectivity index (χ4v) is 6.55. The topological polar surface area (TPSA) is 58.9 Å². The van der Waals surface area contributed by atoms with Crippen LogP contribution >= 0.6 is 11.8 Å². The molecule has 0 spiro atoms. The van der Waals surface area contributed by atoms with Gasteiger partial charge in [0.1, 0.15) is 23.0 Å². The van der Waals surface area contributed by atoms with Crippen molar-refractivity contribution >= 4 is 11.8 Å². The molecule has 0 heterocycles. The van der Waals surface area contributed by atoms with Crippen molar-refractivity contribution in [1.82, 2.24) is 0 Å². The molecule has 35 heavy (non-hydrogen) atoms. The molecule has 2 rings (SSSR count). The summed E-state index contributed by atoms with van der Waals surface area (Å²) in [4.78, 5) is 1.29. The fraction of sp³-hybridized carbons (Fsp3) is 0.600. The lowest BCUT2D eigenvalue weighted by molar-refractivity contribution is 0.276. The number of ether oxygens (including phenoxy) is 2. The minimum atomic E-state index is -0.275. The number of benzene rings is 2. The van der Waals surface area contributed by atoms with Gasteiger partial charge in [0.05, 0.1) is 24.0 Å². The van der Waals surface area contributed by atoms with E-state index in [1.807, 2.05) is 24.3 Å². The number of rotatable bonds is 8. The molecule has 0 aliphatic carbocycles. The second-order valence-electron chi connectivity index (χ2n) is 13.4. The monoisotopic (exact) mass is 502 g/mol. The van der Waals surface area contributed by atoms with Crippen molar-refractivity contribution in [2.45, 2.75) is 103 Å². The number of phenolic OH excluding ortho intramolecular Hbond substituents is 2. The zero-order valence-corrected chi connectivity index (χ0v) is 24.7. The predicted molar refractivity (Wildman–Crippen MR) is 148 cm³/mol. The van der Waals surface area contributed by atoms with Crippen LogP contribution in [0.2, 0.25) is 0 Å². The molecule has 5 heteroatoms. The lowest BCUT2D eigenvalue weighted by atomic mass is 9.72. The van der Waals surface area contributed by atoms with Crippen LogP contribution in [0.4, 0.5) is 0 Å². The average Bonchev–Trinajstić information content (AvgIpc) is 2.66. The Morgan fingerprint density at radius 1 is 0.600 bits per heavy atom. The molecular formula is C30H46O4S. The van der Waals surface area contributed by atoms with E-state index in [1.165, 1.54) is 11.8 Å². The van der Waals surface area contributed by atoms with Crippen LogP contribution in [0.25, 0.3) is 0 Å². The molecule has 0 aliphatic heterocycles. The predicted octanol–water partition coefficient (Wildman–Crippen LogP) is 8.69. The third kappa shape index (κ3) is 7.49. The first-order chi connectivity index (χ1) is 15.8. The van der Waals surface area contributed by atoms with Crippen molar-refractivity contribution in [2.24, 2.45) is 10.8 Å². The Labute approximate surface area is 217 Å². The highest BCUT2D eigenvalue weighted by Gasteiger charge is 2.33. The summed E-state index contributed by atoms with van der Waals surface area (Å²) in [6.07, 6.45) is 1.78. The van der Waals surface area contributed by atoms with Crippen molar-refractivity contribution in [2.75, 3.05) is 14.2 Å². The van der Waals surface area contributed by atoms with Gasteiger partial charge < -0.3 is 19.7 Å². The molecule has 0 aromatic heterocycles. The summed E-state index contributed by atoms with van der Waals surface area (Å²) in [6.45, 7) is 21.8. The van der Waals surface area contributed by atoms with Crippen LogP contribution in [-0.4, -0.2) is 24.4 Å². The first kappa shape index (κ1) is 29.2. The maximum Gasteiger partial charge on any atom is 0.133 e. The van der Waals surface area contributed by atoms with Gasteiger partial charge in [0.15, 0.2) is 0 Å². The van der Waals surface area contributed by atoms with Crippen molar-refractivity contribution in [3.05, 3.63) is 35.4 Å². The molecule has 0 radical (unpaired) electrons. The van der Waals surface area contributed by atoms with E-state index in [0.29, 0.717) is 21.3 Å². The first-order valence-electron chi connectivity index (χ1n) is 12.3. The molecule has 0 amide bonds. The Morgan fingerprint density at radius 3 is 1.17 bits per heavy atom. The summed E-state index contributed by atoms with van der Waals surface area (Å²) in [5, 5.41) is 22.8. The summed E-state index contributed by atoms with van der Waals surface area (Å²) in [5.74, 6) is 1.81.